The van der Waals surface area contributed by atoms with Gasteiger partial charge in [0.1, 0.15) is 11.3 Å². The molecule has 3 rings (SSSR count). The maximum Gasteiger partial charge on any atom is 0.336 e. The second-order valence-corrected chi connectivity index (χ2v) is 6.92. The van der Waals surface area contributed by atoms with E-state index < -0.39 is 5.63 Å². The van der Waals surface area contributed by atoms with Gasteiger partial charge in [-0.2, -0.15) is 0 Å². The molecule has 2 aromatic carbocycles. The van der Waals surface area contributed by atoms with Gasteiger partial charge in [0.15, 0.2) is 6.61 Å². The summed E-state index contributed by atoms with van der Waals surface area (Å²) < 4.78 is 11.1. The van der Waals surface area contributed by atoms with E-state index in [-0.39, 0.29) is 18.6 Å². The highest BCUT2D eigenvalue weighted by Gasteiger charge is 2.15. The predicted octanol–water partition coefficient (Wildman–Crippen LogP) is 4.45. The molecule has 0 spiro atoms. The van der Waals surface area contributed by atoms with Crippen LogP contribution in [0.2, 0.25) is 0 Å². The average Bonchev–Trinajstić information content (AvgIpc) is 2.68. The van der Waals surface area contributed by atoms with Gasteiger partial charge in [-0.3, -0.25) is 4.79 Å². The number of carbonyl (C=O) groups is 1. The fraction of sp³-hybridized carbons (Fsp3) is 0.304. The van der Waals surface area contributed by atoms with E-state index in [1.807, 2.05) is 50.2 Å². The minimum Gasteiger partial charge on any atom is -0.483 e. The Morgan fingerprint density at radius 1 is 1.14 bits per heavy atom. The maximum absolute atomic E-state index is 12.4. The first kappa shape index (κ1) is 19.7. The van der Waals surface area contributed by atoms with Crippen molar-refractivity contribution in [3.05, 3.63) is 75.6 Å². The van der Waals surface area contributed by atoms with Crippen LogP contribution in [0.4, 0.5) is 0 Å². The number of rotatable bonds is 7. The molecule has 146 valence electrons. The number of aryl methyl sites for hydroxylation is 2. The molecule has 1 heterocycles. The Labute approximate surface area is 164 Å². The molecule has 28 heavy (non-hydrogen) atoms. The molecule has 0 aliphatic heterocycles. The highest BCUT2D eigenvalue weighted by molar-refractivity contribution is 5.85. The Kier molecular flexibility index (Phi) is 6.14. The molecule has 0 bridgehead atoms. The van der Waals surface area contributed by atoms with Gasteiger partial charge in [-0.05, 0) is 43.5 Å². The molecular formula is C23H25NO4. The molecule has 0 aliphatic carbocycles. The Morgan fingerprint density at radius 2 is 1.89 bits per heavy atom. The van der Waals surface area contributed by atoms with Crippen molar-refractivity contribution in [3.63, 3.8) is 0 Å². The maximum atomic E-state index is 12.4. The topological polar surface area (TPSA) is 68.5 Å². The minimum absolute atomic E-state index is 0.0410. The quantitative estimate of drug-likeness (QED) is 0.616. The third-order valence-corrected chi connectivity index (χ3v) is 4.79. The van der Waals surface area contributed by atoms with Crippen LogP contribution in [0.15, 0.2) is 57.7 Å². The van der Waals surface area contributed by atoms with Crippen molar-refractivity contribution >= 4 is 16.9 Å². The Morgan fingerprint density at radius 3 is 2.61 bits per heavy atom. The number of amides is 1. The molecule has 5 heteroatoms. The number of nitrogens with one attached hydrogen (secondary N) is 1. The summed E-state index contributed by atoms with van der Waals surface area (Å²) in [5.74, 6) is 0.343. The van der Waals surface area contributed by atoms with Gasteiger partial charge in [-0.25, -0.2) is 4.79 Å². The first-order chi connectivity index (χ1) is 13.5. The van der Waals surface area contributed by atoms with Crippen LogP contribution in [0.1, 0.15) is 42.5 Å². The second kappa shape index (κ2) is 8.74. The Hall–Kier alpha value is -3.08. The highest BCUT2D eigenvalue weighted by Crippen LogP contribution is 2.28. The smallest absolute Gasteiger partial charge is 0.336 e. The molecule has 0 saturated carbocycles. The van der Waals surface area contributed by atoms with Crippen molar-refractivity contribution in [1.29, 1.82) is 0 Å². The molecule has 3 aromatic rings. The molecular weight excluding hydrogens is 354 g/mol. The normalized spacial score (nSPS) is 12.0. The van der Waals surface area contributed by atoms with Crippen LogP contribution in [0, 0.1) is 13.8 Å². The van der Waals surface area contributed by atoms with E-state index in [0.717, 1.165) is 29.4 Å². The lowest BCUT2D eigenvalue weighted by atomic mass is 10.0. The van der Waals surface area contributed by atoms with Crippen molar-refractivity contribution in [3.8, 4) is 5.75 Å². The van der Waals surface area contributed by atoms with Gasteiger partial charge < -0.3 is 14.5 Å². The fourth-order valence-electron chi connectivity index (χ4n) is 3.33. The van der Waals surface area contributed by atoms with Gasteiger partial charge in [0.25, 0.3) is 5.91 Å². The van der Waals surface area contributed by atoms with Gasteiger partial charge in [0.2, 0.25) is 0 Å². The highest BCUT2D eigenvalue weighted by atomic mass is 16.5. The lowest BCUT2D eigenvalue weighted by molar-refractivity contribution is -0.123. The van der Waals surface area contributed by atoms with Crippen LogP contribution in [0.5, 0.6) is 5.75 Å². The summed E-state index contributed by atoms with van der Waals surface area (Å²) in [5, 5.41) is 3.90. The zero-order chi connectivity index (χ0) is 20.1. The predicted molar refractivity (Wildman–Crippen MR) is 110 cm³/mol. The zero-order valence-electron chi connectivity index (χ0n) is 16.5. The van der Waals surface area contributed by atoms with Crippen LogP contribution in [-0.2, 0) is 4.79 Å². The lowest BCUT2D eigenvalue weighted by Gasteiger charge is -2.19. The molecule has 0 aliphatic rings. The summed E-state index contributed by atoms with van der Waals surface area (Å²) in [4.78, 5) is 24.1. The average molecular weight is 379 g/mol. The van der Waals surface area contributed by atoms with Gasteiger partial charge >= 0.3 is 5.63 Å². The molecule has 0 radical (unpaired) electrons. The molecule has 1 atom stereocenters. The van der Waals surface area contributed by atoms with E-state index in [1.54, 1.807) is 6.07 Å². The molecule has 0 saturated heterocycles. The lowest BCUT2D eigenvalue weighted by Crippen LogP contribution is -2.32. The number of carbonyl (C=O) groups excluding carboxylic acids is 1. The first-order valence-electron chi connectivity index (χ1n) is 9.50. The molecule has 5 nitrogen and oxygen atoms in total. The van der Waals surface area contributed by atoms with Crippen LogP contribution in [-0.4, -0.2) is 12.5 Å². The van der Waals surface area contributed by atoms with E-state index in [4.69, 9.17) is 9.15 Å². The van der Waals surface area contributed by atoms with Crippen molar-refractivity contribution in [1.82, 2.24) is 5.32 Å². The van der Waals surface area contributed by atoms with Crippen LogP contribution in [0.25, 0.3) is 11.0 Å². The van der Waals surface area contributed by atoms with Crippen LogP contribution < -0.4 is 15.7 Å². The Balaban J connectivity index is 1.72. The summed E-state index contributed by atoms with van der Waals surface area (Å²) in [5.41, 5.74) is 2.74. The molecule has 1 N–H and O–H groups in total. The van der Waals surface area contributed by atoms with Crippen molar-refractivity contribution < 1.29 is 13.9 Å². The van der Waals surface area contributed by atoms with E-state index >= 15 is 0 Å². The molecule has 1 unspecified atom stereocenters. The standard InChI is InChI=1S/C23H25NO4/c1-4-8-19(17-9-6-5-7-10-17)24-21(25)14-27-20-12-11-18-15(2)13-22(26)28-23(18)16(20)3/h5-7,9-13,19H,4,8,14H2,1-3H3,(H,24,25). The number of ether oxygens (including phenoxy) is 1. The van der Waals surface area contributed by atoms with Gasteiger partial charge in [0, 0.05) is 17.0 Å². The summed E-state index contributed by atoms with van der Waals surface area (Å²) in [6.45, 7) is 5.67. The largest absolute Gasteiger partial charge is 0.483 e. The van der Waals surface area contributed by atoms with Crippen LogP contribution in [0.3, 0.4) is 0 Å². The fourth-order valence-corrected chi connectivity index (χ4v) is 3.33. The molecule has 1 aromatic heterocycles. The van der Waals surface area contributed by atoms with E-state index in [1.165, 1.54) is 6.07 Å². The van der Waals surface area contributed by atoms with E-state index in [0.29, 0.717) is 16.9 Å². The second-order valence-electron chi connectivity index (χ2n) is 6.92. The van der Waals surface area contributed by atoms with Gasteiger partial charge in [0.05, 0.1) is 6.04 Å². The van der Waals surface area contributed by atoms with Gasteiger partial charge in [-0.1, -0.05) is 43.7 Å². The third-order valence-electron chi connectivity index (χ3n) is 4.79. The third kappa shape index (κ3) is 4.42. The SMILES string of the molecule is CCCC(NC(=O)COc1ccc2c(C)cc(=O)oc2c1C)c1ccccc1. The first-order valence-corrected chi connectivity index (χ1v) is 9.50. The summed E-state index contributed by atoms with van der Waals surface area (Å²) in [6.07, 6.45) is 1.82. The number of fused-ring (bicyclic) bond motifs is 1. The minimum atomic E-state index is -0.395. The molecule has 1 amide bonds. The number of hydrogen-bond donors (Lipinski definition) is 1. The van der Waals surface area contributed by atoms with E-state index in [2.05, 4.69) is 12.2 Å². The Bertz CT molecular complexity index is 1020. The number of benzene rings is 2. The summed E-state index contributed by atoms with van der Waals surface area (Å²) >= 11 is 0. The summed E-state index contributed by atoms with van der Waals surface area (Å²) in [6, 6.07) is 15.0. The van der Waals surface area contributed by atoms with Gasteiger partial charge in [-0.15, -0.1) is 0 Å². The summed E-state index contributed by atoms with van der Waals surface area (Å²) in [7, 11) is 0. The monoisotopic (exact) mass is 379 g/mol. The molecule has 0 fully saturated rings. The zero-order valence-corrected chi connectivity index (χ0v) is 16.5. The van der Waals surface area contributed by atoms with Crippen molar-refractivity contribution in [2.75, 3.05) is 6.61 Å². The van der Waals surface area contributed by atoms with E-state index in [9.17, 15) is 9.59 Å². The van der Waals surface area contributed by atoms with Crippen LogP contribution >= 0.6 is 0 Å². The van der Waals surface area contributed by atoms with Crippen molar-refractivity contribution in [2.24, 2.45) is 0 Å². The van der Waals surface area contributed by atoms with Crippen molar-refractivity contribution in [2.45, 2.75) is 39.7 Å². The number of hydrogen-bond acceptors (Lipinski definition) is 4.